The number of pyridine rings is 1. The van der Waals surface area contributed by atoms with Gasteiger partial charge in [-0.1, -0.05) is 6.07 Å². The standard InChI is InChI=1S/C24H21N7O2/c25-13-19-12-18(2-3-22(19)33-20-6-9-32-10-7-20)21-5-8-27-23(30-21)11-17-1-4-24(28-14-17)31-16-26-15-29-31/h1-5,8,12,14-16,20H,6-7,9-11H2. The fraction of sp³-hybridized carbons (Fsp3) is 0.250. The van der Waals surface area contributed by atoms with Gasteiger partial charge in [0.25, 0.3) is 0 Å². The highest BCUT2D eigenvalue weighted by atomic mass is 16.5. The normalized spacial score (nSPS) is 14.0. The second-order valence-electron chi connectivity index (χ2n) is 7.65. The molecule has 0 aliphatic carbocycles. The third-order valence-electron chi connectivity index (χ3n) is 5.39. The number of ether oxygens (including phenoxy) is 2. The molecule has 0 unspecified atom stereocenters. The Morgan fingerprint density at radius 3 is 2.79 bits per heavy atom. The summed E-state index contributed by atoms with van der Waals surface area (Å²) in [5.41, 5.74) is 3.07. The lowest BCUT2D eigenvalue weighted by Gasteiger charge is -2.23. The Hall–Kier alpha value is -4.16. The summed E-state index contributed by atoms with van der Waals surface area (Å²) in [5.74, 6) is 1.96. The largest absolute Gasteiger partial charge is 0.489 e. The summed E-state index contributed by atoms with van der Waals surface area (Å²) in [6.45, 7) is 1.38. The van der Waals surface area contributed by atoms with E-state index in [4.69, 9.17) is 14.5 Å². The highest BCUT2D eigenvalue weighted by Crippen LogP contribution is 2.27. The highest BCUT2D eigenvalue weighted by Gasteiger charge is 2.17. The van der Waals surface area contributed by atoms with Crippen molar-refractivity contribution < 1.29 is 9.47 Å². The minimum Gasteiger partial charge on any atom is -0.489 e. The van der Waals surface area contributed by atoms with E-state index in [1.165, 1.54) is 6.33 Å². The number of nitriles is 1. The first-order chi connectivity index (χ1) is 16.3. The minimum absolute atomic E-state index is 0.0758. The molecular formula is C24H21N7O2. The van der Waals surface area contributed by atoms with Crippen molar-refractivity contribution in [1.29, 1.82) is 5.26 Å². The zero-order chi connectivity index (χ0) is 22.5. The van der Waals surface area contributed by atoms with E-state index >= 15 is 0 Å². The monoisotopic (exact) mass is 439 g/mol. The zero-order valence-electron chi connectivity index (χ0n) is 17.8. The average molecular weight is 439 g/mol. The van der Waals surface area contributed by atoms with Crippen molar-refractivity contribution in [2.45, 2.75) is 25.4 Å². The third kappa shape index (κ3) is 4.86. The van der Waals surface area contributed by atoms with Crippen LogP contribution in [0.5, 0.6) is 5.75 Å². The summed E-state index contributed by atoms with van der Waals surface area (Å²) in [4.78, 5) is 17.5. The quantitative estimate of drug-likeness (QED) is 0.450. The number of hydrogen-bond donors (Lipinski definition) is 0. The van der Waals surface area contributed by atoms with Crippen molar-refractivity contribution in [2.75, 3.05) is 13.2 Å². The van der Waals surface area contributed by atoms with Crippen molar-refractivity contribution in [3.05, 3.63) is 78.4 Å². The van der Waals surface area contributed by atoms with E-state index < -0.39 is 0 Å². The Bertz CT molecular complexity index is 1260. The number of hydrogen-bond acceptors (Lipinski definition) is 8. The molecule has 1 aliphatic heterocycles. The Kier molecular flexibility index (Phi) is 5.99. The SMILES string of the molecule is N#Cc1cc(-c2ccnc(Cc3ccc(-n4cncn4)nc3)n2)ccc1OC1CCOCC1. The zero-order valence-corrected chi connectivity index (χ0v) is 17.8. The fourth-order valence-electron chi connectivity index (χ4n) is 3.66. The van der Waals surface area contributed by atoms with E-state index in [0.717, 1.165) is 29.7 Å². The topological polar surface area (TPSA) is 112 Å². The molecular weight excluding hydrogens is 418 g/mol. The summed E-state index contributed by atoms with van der Waals surface area (Å²) in [5, 5.41) is 13.7. The van der Waals surface area contributed by atoms with Crippen LogP contribution < -0.4 is 4.74 Å². The molecule has 3 aromatic heterocycles. The summed E-state index contributed by atoms with van der Waals surface area (Å²) in [6, 6.07) is 13.5. The van der Waals surface area contributed by atoms with Crippen LogP contribution >= 0.6 is 0 Å². The molecule has 0 atom stereocenters. The van der Waals surface area contributed by atoms with Crippen LogP contribution in [0.3, 0.4) is 0 Å². The van der Waals surface area contributed by atoms with Crippen LogP contribution in [0.25, 0.3) is 17.1 Å². The molecule has 1 fully saturated rings. The predicted molar refractivity (Wildman–Crippen MR) is 119 cm³/mol. The van der Waals surface area contributed by atoms with Crippen molar-refractivity contribution in [2.24, 2.45) is 0 Å². The fourth-order valence-corrected chi connectivity index (χ4v) is 3.66. The molecule has 9 nitrogen and oxygen atoms in total. The van der Waals surface area contributed by atoms with Gasteiger partial charge >= 0.3 is 0 Å². The van der Waals surface area contributed by atoms with Gasteiger partial charge in [0.2, 0.25) is 0 Å². The first-order valence-corrected chi connectivity index (χ1v) is 10.7. The van der Waals surface area contributed by atoms with Gasteiger partial charge in [0.15, 0.2) is 5.82 Å². The summed E-state index contributed by atoms with van der Waals surface area (Å²) >= 11 is 0. The molecule has 0 spiro atoms. The van der Waals surface area contributed by atoms with Gasteiger partial charge in [-0.15, -0.1) is 0 Å². The molecule has 0 N–H and O–H groups in total. The van der Waals surface area contributed by atoms with Crippen LogP contribution in [0.1, 0.15) is 29.8 Å². The summed E-state index contributed by atoms with van der Waals surface area (Å²) in [6.07, 6.45) is 8.85. The Morgan fingerprint density at radius 1 is 1.12 bits per heavy atom. The molecule has 9 heteroatoms. The predicted octanol–water partition coefficient (Wildman–Crippen LogP) is 3.14. The molecule has 33 heavy (non-hydrogen) atoms. The Balaban J connectivity index is 1.32. The van der Waals surface area contributed by atoms with Crippen LogP contribution in [0.2, 0.25) is 0 Å². The maximum absolute atomic E-state index is 9.66. The first-order valence-electron chi connectivity index (χ1n) is 10.7. The minimum atomic E-state index is 0.0758. The van der Waals surface area contributed by atoms with Crippen LogP contribution in [-0.4, -0.2) is 49.0 Å². The maximum atomic E-state index is 9.66. The van der Waals surface area contributed by atoms with Gasteiger partial charge in [-0.3, -0.25) is 0 Å². The number of rotatable bonds is 6. The highest BCUT2D eigenvalue weighted by molar-refractivity contribution is 5.64. The van der Waals surface area contributed by atoms with Crippen LogP contribution in [0.15, 0.2) is 61.4 Å². The molecule has 1 aliphatic rings. The summed E-state index contributed by atoms with van der Waals surface area (Å²) < 4.78 is 13.0. The molecule has 164 valence electrons. The molecule has 1 aromatic carbocycles. The maximum Gasteiger partial charge on any atom is 0.155 e. The van der Waals surface area contributed by atoms with Crippen LogP contribution in [0, 0.1) is 11.3 Å². The number of nitrogens with zero attached hydrogens (tertiary/aromatic N) is 7. The molecule has 0 bridgehead atoms. The van der Waals surface area contributed by atoms with Crippen molar-refractivity contribution >= 4 is 0 Å². The molecule has 0 amide bonds. The van der Waals surface area contributed by atoms with Gasteiger partial charge in [-0.25, -0.2) is 24.6 Å². The van der Waals surface area contributed by atoms with Crippen molar-refractivity contribution in [1.82, 2.24) is 29.7 Å². The molecule has 0 radical (unpaired) electrons. The Morgan fingerprint density at radius 2 is 2.03 bits per heavy atom. The molecule has 1 saturated heterocycles. The first kappa shape index (κ1) is 20.7. The second-order valence-corrected chi connectivity index (χ2v) is 7.65. The number of benzene rings is 1. The van der Waals surface area contributed by atoms with Gasteiger partial charge in [-0.2, -0.15) is 10.4 Å². The van der Waals surface area contributed by atoms with E-state index in [1.54, 1.807) is 23.4 Å². The van der Waals surface area contributed by atoms with E-state index in [0.29, 0.717) is 42.6 Å². The molecule has 0 saturated carbocycles. The van der Waals surface area contributed by atoms with E-state index in [2.05, 4.69) is 26.1 Å². The second kappa shape index (κ2) is 9.54. The lowest BCUT2D eigenvalue weighted by molar-refractivity contribution is 0.0254. The average Bonchev–Trinajstić information content (AvgIpc) is 3.41. The van der Waals surface area contributed by atoms with E-state index in [-0.39, 0.29) is 6.10 Å². The van der Waals surface area contributed by atoms with Gasteiger partial charge in [-0.05, 0) is 35.9 Å². The lowest BCUT2D eigenvalue weighted by atomic mass is 10.1. The lowest BCUT2D eigenvalue weighted by Crippen LogP contribution is -2.26. The summed E-state index contributed by atoms with van der Waals surface area (Å²) in [7, 11) is 0. The van der Waals surface area contributed by atoms with E-state index in [9.17, 15) is 5.26 Å². The number of aromatic nitrogens is 6. The van der Waals surface area contributed by atoms with Crippen molar-refractivity contribution in [3.63, 3.8) is 0 Å². The van der Waals surface area contributed by atoms with Crippen molar-refractivity contribution in [3.8, 4) is 28.9 Å². The van der Waals surface area contributed by atoms with Gasteiger partial charge in [0.05, 0.1) is 24.5 Å². The van der Waals surface area contributed by atoms with Crippen LogP contribution in [-0.2, 0) is 11.2 Å². The van der Waals surface area contributed by atoms with Gasteiger partial charge in [0, 0.05) is 37.2 Å². The third-order valence-corrected chi connectivity index (χ3v) is 5.39. The molecule has 5 rings (SSSR count). The molecule has 4 aromatic rings. The Labute approximate surface area is 190 Å². The van der Waals surface area contributed by atoms with E-state index in [1.807, 2.05) is 36.4 Å². The van der Waals surface area contributed by atoms with Gasteiger partial charge < -0.3 is 9.47 Å². The van der Waals surface area contributed by atoms with Crippen LogP contribution in [0.4, 0.5) is 0 Å². The van der Waals surface area contributed by atoms with Gasteiger partial charge in [0.1, 0.15) is 36.4 Å². The molecule has 4 heterocycles. The smallest absolute Gasteiger partial charge is 0.155 e.